The number of benzene rings is 1. The van der Waals surface area contributed by atoms with Crippen LogP contribution in [0.2, 0.25) is 5.02 Å². The van der Waals surface area contributed by atoms with Gasteiger partial charge in [0.2, 0.25) is 10.0 Å². The zero-order valence-corrected chi connectivity index (χ0v) is 11.3. The highest BCUT2D eigenvalue weighted by molar-refractivity contribution is 7.88. The van der Waals surface area contributed by atoms with Gasteiger partial charge >= 0.3 is 0 Å². The highest BCUT2D eigenvalue weighted by Gasteiger charge is 2.07. The van der Waals surface area contributed by atoms with Gasteiger partial charge in [0.15, 0.2) is 0 Å². The van der Waals surface area contributed by atoms with E-state index in [9.17, 15) is 13.2 Å². The number of carbonyl (C=O) groups excluding carboxylic acids is 1. The molecule has 0 heterocycles. The summed E-state index contributed by atoms with van der Waals surface area (Å²) in [5.41, 5.74) is 6.26. The number of nitrogens with two attached hydrogens (primary N) is 1. The molecule has 8 heteroatoms. The van der Waals surface area contributed by atoms with Crippen molar-refractivity contribution in [1.82, 2.24) is 10.0 Å². The van der Waals surface area contributed by atoms with Crippen molar-refractivity contribution in [2.75, 3.05) is 25.1 Å². The van der Waals surface area contributed by atoms with Gasteiger partial charge in [-0.15, -0.1) is 0 Å². The molecule has 0 aliphatic carbocycles. The van der Waals surface area contributed by atoms with Gasteiger partial charge in [-0.3, -0.25) is 4.79 Å². The zero-order valence-electron chi connectivity index (χ0n) is 9.73. The molecule has 18 heavy (non-hydrogen) atoms. The zero-order chi connectivity index (χ0) is 13.8. The van der Waals surface area contributed by atoms with Gasteiger partial charge in [0.1, 0.15) is 0 Å². The summed E-state index contributed by atoms with van der Waals surface area (Å²) in [6, 6.07) is 4.53. The molecule has 1 aromatic carbocycles. The number of rotatable bonds is 5. The van der Waals surface area contributed by atoms with E-state index in [1.807, 2.05) is 0 Å². The largest absolute Gasteiger partial charge is 0.398 e. The molecule has 1 amide bonds. The third-order valence-electron chi connectivity index (χ3n) is 2.03. The summed E-state index contributed by atoms with van der Waals surface area (Å²) < 4.78 is 23.8. The normalized spacial score (nSPS) is 11.2. The predicted octanol–water partition coefficient (Wildman–Crippen LogP) is 0.201. The highest BCUT2D eigenvalue weighted by Crippen LogP contribution is 2.19. The Balaban J connectivity index is 2.48. The van der Waals surface area contributed by atoms with Crippen molar-refractivity contribution in [2.45, 2.75) is 0 Å². The third-order valence-corrected chi connectivity index (χ3v) is 3.11. The average molecular weight is 292 g/mol. The lowest BCUT2D eigenvalue weighted by Gasteiger charge is -2.06. The van der Waals surface area contributed by atoms with Crippen LogP contribution in [0.15, 0.2) is 18.2 Å². The number of anilines is 1. The number of hydrogen-bond donors (Lipinski definition) is 3. The van der Waals surface area contributed by atoms with Crippen LogP contribution in [0.25, 0.3) is 0 Å². The summed E-state index contributed by atoms with van der Waals surface area (Å²) >= 11 is 5.73. The van der Waals surface area contributed by atoms with Crippen LogP contribution in [-0.2, 0) is 10.0 Å². The van der Waals surface area contributed by atoms with E-state index in [1.165, 1.54) is 18.2 Å². The quantitative estimate of drug-likeness (QED) is 0.533. The van der Waals surface area contributed by atoms with Crippen molar-refractivity contribution in [2.24, 2.45) is 0 Å². The maximum atomic E-state index is 11.6. The minimum Gasteiger partial charge on any atom is -0.398 e. The number of carbonyl (C=O) groups is 1. The van der Waals surface area contributed by atoms with Crippen LogP contribution in [0.5, 0.6) is 0 Å². The molecule has 0 radical (unpaired) electrons. The number of nitrogens with one attached hydrogen (secondary N) is 2. The van der Waals surface area contributed by atoms with Gasteiger partial charge in [-0.2, -0.15) is 0 Å². The van der Waals surface area contributed by atoms with Gasteiger partial charge in [-0.25, -0.2) is 13.1 Å². The lowest BCUT2D eigenvalue weighted by Crippen LogP contribution is -2.34. The number of sulfonamides is 1. The first-order chi connectivity index (χ1) is 8.29. The molecule has 0 aliphatic rings. The van der Waals surface area contributed by atoms with Crippen molar-refractivity contribution < 1.29 is 13.2 Å². The minimum atomic E-state index is -3.24. The van der Waals surface area contributed by atoms with Crippen LogP contribution in [0.4, 0.5) is 5.69 Å². The van der Waals surface area contributed by atoms with E-state index in [1.54, 1.807) is 0 Å². The molecule has 0 atom stereocenters. The van der Waals surface area contributed by atoms with E-state index < -0.39 is 10.0 Å². The molecule has 1 rings (SSSR count). The van der Waals surface area contributed by atoms with E-state index in [0.29, 0.717) is 16.3 Å². The second-order valence-corrected chi connectivity index (χ2v) is 5.90. The van der Waals surface area contributed by atoms with Gasteiger partial charge in [-0.1, -0.05) is 11.6 Å². The molecule has 0 saturated heterocycles. The summed E-state index contributed by atoms with van der Waals surface area (Å²) in [5.74, 6) is -0.339. The van der Waals surface area contributed by atoms with E-state index >= 15 is 0 Å². The van der Waals surface area contributed by atoms with Crippen molar-refractivity contribution >= 4 is 33.2 Å². The van der Waals surface area contributed by atoms with Crippen LogP contribution >= 0.6 is 11.6 Å². The Labute approximate surface area is 111 Å². The second kappa shape index (κ2) is 6.03. The molecule has 0 aromatic heterocycles. The molecule has 0 saturated carbocycles. The van der Waals surface area contributed by atoms with Crippen LogP contribution in [0.1, 0.15) is 10.4 Å². The molecule has 0 bridgehead atoms. The first-order valence-electron chi connectivity index (χ1n) is 5.07. The molecular weight excluding hydrogens is 278 g/mol. The summed E-state index contributed by atoms with van der Waals surface area (Å²) in [5, 5.41) is 2.93. The topological polar surface area (TPSA) is 101 Å². The molecule has 4 N–H and O–H groups in total. The molecular formula is C10H14ClN3O3S. The van der Waals surface area contributed by atoms with Crippen molar-refractivity contribution in [3.63, 3.8) is 0 Å². The van der Waals surface area contributed by atoms with Gasteiger partial charge in [0, 0.05) is 18.7 Å². The van der Waals surface area contributed by atoms with Crippen LogP contribution in [0, 0.1) is 0 Å². The third kappa shape index (κ3) is 4.91. The Morgan fingerprint density at radius 2 is 2.06 bits per heavy atom. The fourth-order valence-electron chi connectivity index (χ4n) is 1.20. The highest BCUT2D eigenvalue weighted by atomic mass is 35.5. The second-order valence-electron chi connectivity index (χ2n) is 3.66. The number of halogens is 1. The van der Waals surface area contributed by atoms with Crippen molar-refractivity contribution in [3.05, 3.63) is 28.8 Å². The Morgan fingerprint density at radius 1 is 1.39 bits per heavy atom. The van der Waals surface area contributed by atoms with E-state index in [4.69, 9.17) is 17.3 Å². The molecule has 100 valence electrons. The Kier molecular flexibility index (Phi) is 4.94. The maximum absolute atomic E-state index is 11.6. The van der Waals surface area contributed by atoms with Crippen LogP contribution in [-0.4, -0.2) is 33.7 Å². The Bertz CT molecular complexity index is 545. The van der Waals surface area contributed by atoms with Gasteiger partial charge < -0.3 is 11.1 Å². The Hall–Kier alpha value is -1.31. The van der Waals surface area contributed by atoms with Crippen molar-refractivity contribution in [3.8, 4) is 0 Å². The van der Waals surface area contributed by atoms with Gasteiger partial charge in [-0.05, 0) is 18.2 Å². The first kappa shape index (κ1) is 14.7. The fourth-order valence-corrected chi connectivity index (χ4v) is 1.79. The SMILES string of the molecule is CS(=O)(=O)NCCNC(=O)c1ccc(Cl)c(N)c1. The Morgan fingerprint density at radius 3 is 2.61 bits per heavy atom. The lowest BCUT2D eigenvalue weighted by molar-refractivity contribution is 0.0954. The van der Waals surface area contributed by atoms with Crippen LogP contribution < -0.4 is 15.8 Å². The van der Waals surface area contributed by atoms with E-state index in [-0.39, 0.29) is 19.0 Å². The monoisotopic (exact) mass is 291 g/mol. The summed E-state index contributed by atoms with van der Waals surface area (Å²) in [6.07, 6.45) is 1.05. The van der Waals surface area contributed by atoms with Gasteiger partial charge in [0.05, 0.1) is 17.0 Å². The average Bonchev–Trinajstić information content (AvgIpc) is 2.26. The molecule has 0 unspecified atom stereocenters. The summed E-state index contributed by atoms with van der Waals surface area (Å²) in [4.78, 5) is 11.6. The van der Waals surface area contributed by atoms with Crippen LogP contribution in [0.3, 0.4) is 0 Å². The number of amides is 1. The van der Waals surface area contributed by atoms with E-state index in [0.717, 1.165) is 6.26 Å². The molecule has 6 nitrogen and oxygen atoms in total. The minimum absolute atomic E-state index is 0.133. The van der Waals surface area contributed by atoms with E-state index in [2.05, 4.69) is 10.0 Å². The molecule has 1 aromatic rings. The molecule has 0 spiro atoms. The molecule has 0 aliphatic heterocycles. The maximum Gasteiger partial charge on any atom is 0.251 e. The van der Waals surface area contributed by atoms with Gasteiger partial charge in [0.25, 0.3) is 5.91 Å². The standard InChI is InChI=1S/C10H14ClN3O3S/c1-18(16,17)14-5-4-13-10(15)7-2-3-8(11)9(12)6-7/h2-3,6,14H,4-5,12H2,1H3,(H,13,15). The molecule has 0 fully saturated rings. The summed E-state index contributed by atoms with van der Waals surface area (Å²) in [6.45, 7) is 0.322. The smallest absolute Gasteiger partial charge is 0.251 e. The first-order valence-corrected chi connectivity index (χ1v) is 7.34. The number of hydrogen-bond acceptors (Lipinski definition) is 4. The number of nitrogen functional groups attached to an aromatic ring is 1. The van der Waals surface area contributed by atoms with Crippen molar-refractivity contribution in [1.29, 1.82) is 0 Å². The summed E-state index contributed by atoms with van der Waals surface area (Å²) in [7, 11) is -3.24. The lowest BCUT2D eigenvalue weighted by atomic mass is 10.2. The fraction of sp³-hybridized carbons (Fsp3) is 0.300. The predicted molar refractivity (Wildman–Crippen MR) is 71.0 cm³/mol.